The Labute approximate surface area is 175 Å². The van der Waals surface area contributed by atoms with Crippen LogP contribution in [0.25, 0.3) is 5.69 Å². The summed E-state index contributed by atoms with van der Waals surface area (Å²) < 4.78 is 1.84. The van der Waals surface area contributed by atoms with Gasteiger partial charge in [0.1, 0.15) is 5.82 Å². The number of para-hydroxylation sites is 1. The summed E-state index contributed by atoms with van der Waals surface area (Å²) in [6.07, 6.45) is 5.87. The van der Waals surface area contributed by atoms with E-state index in [-0.39, 0.29) is 5.91 Å². The Bertz CT molecular complexity index is 993. The normalized spacial score (nSPS) is 17.1. The van der Waals surface area contributed by atoms with Crippen molar-refractivity contribution in [1.29, 1.82) is 0 Å². The summed E-state index contributed by atoms with van der Waals surface area (Å²) in [6.45, 7) is 3.59. The third-order valence-corrected chi connectivity index (χ3v) is 5.57. The number of nitrogens with zero attached hydrogens (tertiary/aromatic N) is 6. The number of carbonyl (C=O) groups is 1. The average molecular weight is 403 g/mol. The predicted molar refractivity (Wildman–Crippen MR) is 115 cm³/mol. The number of amides is 1. The van der Waals surface area contributed by atoms with E-state index in [1.807, 2.05) is 47.1 Å². The quantitative estimate of drug-likeness (QED) is 0.680. The van der Waals surface area contributed by atoms with Gasteiger partial charge in [0, 0.05) is 50.6 Å². The van der Waals surface area contributed by atoms with Gasteiger partial charge in [-0.05, 0) is 31.0 Å². The number of benzene rings is 1. The van der Waals surface area contributed by atoms with E-state index >= 15 is 0 Å². The lowest BCUT2D eigenvalue weighted by Gasteiger charge is -2.34. The molecule has 1 aliphatic carbocycles. The van der Waals surface area contributed by atoms with E-state index in [9.17, 15) is 4.79 Å². The summed E-state index contributed by atoms with van der Waals surface area (Å²) in [5, 5.41) is 7.84. The highest BCUT2D eigenvalue weighted by Gasteiger charge is 2.28. The monoisotopic (exact) mass is 403 g/mol. The van der Waals surface area contributed by atoms with Crippen LogP contribution in [0.5, 0.6) is 0 Å². The topological polar surface area (TPSA) is 79.2 Å². The first-order valence-corrected chi connectivity index (χ1v) is 10.5. The number of hydrogen-bond donors (Lipinski definition) is 1. The molecule has 1 N–H and O–H groups in total. The molecule has 2 aliphatic rings. The first-order chi connectivity index (χ1) is 14.8. The van der Waals surface area contributed by atoms with Gasteiger partial charge in [0.15, 0.2) is 0 Å². The van der Waals surface area contributed by atoms with Crippen molar-refractivity contribution in [3.05, 3.63) is 60.6 Å². The van der Waals surface area contributed by atoms with E-state index in [0.717, 1.165) is 49.3 Å². The van der Waals surface area contributed by atoms with Crippen LogP contribution in [0.4, 0.5) is 11.8 Å². The van der Waals surface area contributed by atoms with Crippen molar-refractivity contribution in [3.8, 4) is 5.69 Å². The van der Waals surface area contributed by atoms with Gasteiger partial charge in [-0.3, -0.25) is 9.69 Å². The zero-order valence-corrected chi connectivity index (χ0v) is 16.8. The lowest BCUT2D eigenvalue weighted by atomic mass is 10.3. The molecule has 30 heavy (non-hydrogen) atoms. The van der Waals surface area contributed by atoms with Gasteiger partial charge >= 0.3 is 0 Å². The molecule has 0 unspecified atom stereocenters. The van der Waals surface area contributed by atoms with Crippen molar-refractivity contribution in [3.63, 3.8) is 0 Å². The van der Waals surface area contributed by atoms with Crippen LogP contribution in [0.15, 0.2) is 54.9 Å². The molecule has 3 heterocycles. The van der Waals surface area contributed by atoms with Crippen molar-refractivity contribution in [2.45, 2.75) is 18.8 Å². The molecule has 2 fully saturated rings. The maximum atomic E-state index is 12.8. The Morgan fingerprint density at radius 1 is 1.00 bits per heavy atom. The van der Waals surface area contributed by atoms with Crippen LogP contribution in [-0.4, -0.2) is 63.3 Å². The number of rotatable bonds is 6. The molecule has 5 rings (SSSR count). The van der Waals surface area contributed by atoms with E-state index in [1.54, 1.807) is 12.4 Å². The molecule has 0 radical (unpaired) electrons. The van der Waals surface area contributed by atoms with Crippen molar-refractivity contribution in [2.75, 3.05) is 42.9 Å². The zero-order valence-electron chi connectivity index (χ0n) is 16.8. The smallest absolute Gasteiger partial charge is 0.239 e. The van der Waals surface area contributed by atoms with Gasteiger partial charge in [-0.2, -0.15) is 5.10 Å². The van der Waals surface area contributed by atoms with Crippen LogP contribution >= 0.6 is 0 Å². The molecule has 1 aliphatic heterocycles. The largest absolute Gasteiger partial charge is 0.338 e. The highest BCUT2D eigenvalue weighted by Crippen LogP contribution is 2.40. The van der Waals surface area contributed by atoms with Gasteiger partial charge in [-0.25, -0.2) is 14.6 Å². The van der Waals surface area contributed by atoms with Crippen LogP contribution in [0.1, 0.15) is 24.5 Å². The van der Waals surface area contributed by atoms with E-state index in [4.69, 9.17) is 5.10 Å². The molecular formula is C22H25N7O. The Morgan fingerprint density at radius 2 is 1.73 bits per heavy atom. The summed E-state index contributed by atoms with van der Waals surface area (Å²) in [7, 11) is 0. The molecule has 3 aromatic rings. The fourth-order valence-corrected chi connectivity index (χ4v) is 3.78. The van der Waals surface area contributed by atoms with Crippen LogP contribution in [0, 0.1) is 0 Å². The number of piperazine rings is 1. The fourth-order valence-electron chi connectivity index (χ4n) is 3.78. The predicted octanol–water partition coefficient (Wildman–Crippen LogP) is 2.30. The van der Waals surface area contributed by atoms with Crippen molar-refractivity contribution >= 4 is 17.7 Å². The number of anilines is 2. The molecule has 8 nitrogen and oxygen atoms in total. The first kappa shape index (κ1) is 18.7. The summed E-state index contributed by atoms with van der Waals surface area (Å²) in [5.74, 6) is 2.00. The van der Waals surface area contributed by atoms with E-state index in [2.05, 4.69) is 25.1 Å². The van der Waals surface area contributed by atoms with Gasteiger partial charge in [-0.15, -0.1) is 0 Å². The minimum absolute atomic E-state index is 0.0150. The Morgan fingerprint density at radius 3 is 2.43 bits per heavy atom. The van der Waals surface area contributed by atoms with Crippen LogP contribution in [-0.2, 0) is 4.79 Å². The van der Waals surface area contributed by atoms with Crippen molar-refractivity contribution in [1.82, 2.24) is 24.6 Å². The van der Waals surface area contributed by atoms with Gasteiger partial charge in [0.05, 0.1) is 17.9 Å². The molecule has 0 bridgehead atoms. The SMILES string of the molecule is O=C(CN1CCN(c2ncccn2)CC1)Nc1cc(C2CC2)nn1-c1ccccc1. The minimum Gasteiger partial charge on any atom is -0.338 e. The molecule has 1 aromatic carbocycles. The zero-order chi connectivity index (χ0) is 20.3. The summed E-state index contributed by atoms with van der Waals surface area (Å²) in [4.78, 5) is 25.7. The highest BCUT2D eigenvalue weighted by atomic mass is 16.2. The Hall–Kier alpha value is -3.26. The molecule has 1 amide bonds. The minimum atomic E-state index is -0.0150. The van der Waals surface area contributed by atoms with Gasteiger partial charge in [-0.1, -0.05) is 18.2 Å². The van der Waals surface area contributed by atoms with E-state index in [1.165, 1.54) is 12.8 Å². The molecule has 8 heteroatoms. The third kappa shape index (κ3) is 4.18. The van der Waals surface area contributed by atoms with Gasteiger partial charge < -0.3 is 10.2 Å². The summed E-state index contributed by atoms with van der Waals surface area (Å²) >= 11 is 0. The molecule has 1 saturated heterocycles. The lowest BCUT2D eigenvalue weighted by molar-refractivity contribution is -0.117. The number of hydrogen-bond acceptors (Lipinski definition) is 6. The van der Waals surface area contributed by atoms with E-state index < -0.39 is 0 Å². The molecule has 0 spiro atoms. The standard InChI is InChI=1S/C22H25N7O/c30-21(16-27-11-13-28(14-12-27)22-23-9-4-10-24-22)25-20-15-19(17-7-8-17)26-29(20)18-5-2-1-3-6-18/h1-6,9-10,15,17H,7-8,11-14,16H2,(H,25,30). The van der Waals surface area contributed by atoms with Gasteiger partial charge in [0.2, 0.25) is 11.9 Å². The molecule has 154 valence electrons. The van der Waals surface area contributed by atoms with Crippen molar-refractivity contribution in [2.24, 2.45) is 0 Å². The Balaban J connectivity index is 1.22. The highest BCUT2D eigenvalue weighted by molar-refractivity contribution is 5.91. The maximum Gasteiger partial charge on any atom is 0.239 e. The fraction of sp³-hybridized carbons (Fsp3) is 0.364. The Kier molecular flexibility index (Phi) is 5.15. The van der Waals surface area contributed by atoms with Crippen LogP contribution < -0.4 is 10.2 Å². The second-order valence-corrected chi connectivity index (χ2v) is 7.84. The lowest BCUT2D eigenvalue weighted by Crippen LogP contribution is -2.49. The molecule has 2 aromatic heterocycles. The van der Waals surface area contributed by atoms with Crippen LogP contribution in [0.2, 0.25) is 0 Å². The maximum absolute atomic E-state index is 12.8. The van der Waals surface area contributed by atoms with Crippen LogP contribution in [0.3, 0.4) is 0 Å². The average Bonchev–Trinajstić information content (AvgIpc) is 3.56. The second kappa shape index (κ2) is 8.23. The summed E-state index contributed by atoms with van der Waals surface area (Å²) in [6, 6.07) is 13.8. The number of nitrogens with one attached hydrogen (secondary N) is 1. The second-order valence-electron chi connectivity index (χ2n) is 7.84. The molecular weight excluding hydrogens is 378 g/mol. The number of aromatic nitrogens is 4. The number of carbonyl (C=O) groups excluding carboxylic acids is 1. The first-order valence-electron chi connectivity index (χ1n) is 10.5. The third-order valence-electron chi connectivity index (χ3n) is 5.57. The van der Waals surface area contributed by atoms with Gasteiger partial charge in [0.25, 0.3) is 0 Å². The van der Waals surface area contributed by atoms with E-state index in [0.29, 0.717) is 12.5 Å². The summed E-state index contributed by atoms with van der Waals surface area (Å²) in [5.41, 5.74) is 2.02. The molecule has 0 atom stereocenters. The van der Waals surface area contributed by atoms with Crippen molar-refractivity contribution < 1.29 is 4.79 Å². The molecule has 1 saturated carbocycles.